The van der Waals surface area contributed by atoms with E-state index < -0.39 is 0 Å². The summed E-state index contributed by atoms with van der Waals surface area (Å²) in [6, 6.07) is 3.81. The maximum Gasteiger partial charge on any atom is 0.162 e. The number of nitrogens with zero attached hydrogens (tertiary/aromatic N) is 3. The number of hydrogen-bond acceptors (Lipinski definition) is 4. The molecule has 0 aliphatic heterocycles. The van der Waals surface area contributed by atoms with Crippen molar-refractivity contribution in [3.05, 3.63) is 30.4 Å². The Labute approximate surface area is 75.8 Å². The van der Waals surface area contributed by atoms with Crippen LogP contribution in [0.1, 0.15) is 5.82 Å². The molecule has 2 rings (SSSR count). The van der Waals surface area contributed by atoms with Crippen molar-refractivity contribution in [2.75, 3.05) is 6.54 Å². The van der Waals surface area contributed by atoms with Gasteiger partial charge in [-0.3, -0.25) is 0 Å². The fourth-order valence-electron chi connectivity index (χ4n) is 1.15. The third-order valence-electron chi connectivity index (χ3n) is 1.77. The Balaban J connectivity index is 2.49. The lowest BCUT2D eigenvalue weighted by atomic mass is 10.3. The number of hydrogen-bond donors (Lipinski definition) is 1. The molecule has 0 amide bonds. The van der Waals surface area contributed by atoms with Crippen LogP contribution in [0.15, 0.2) is 24.5 Å². The number of rotatable bonds is 2. The summed E-state index contributed by atoms with van der Waals surface area (Å²) >= 11 is 0. The maximum absolute atomic E-state index is 5.40. The van der Waals surface area contributed by atoms with E-state index in [2.05, 4.69) is 15.0 Å². The highest BCUT2D eigenvalue weighted by atomic mass is 14.9. The highest BCUT2D eigenvalue weighted by Crippen LogP contribution is 2.06. The summed E-state index contributed by atoms with van der Waals surface area (Å²) in [6.45, 7) is 0.568. The van der Waals surface area contributed by atoms with Crippen LogP contribution in [0.2, 0.25) is 0 Å². The van der Waals surface area contributed by atoms with E-state index in [0.29, 0.717) is 13.0 Å². The SMILES string of the molecule is NCCc1ncc2cccnc2n1. The van der Waals surface area contributed by atoms with Crippen molar-refractivity contribution >= 4 is 11.0 Å². The van der Waals surface area contributed by atoms with Gasteiger partial charge in [0.25, 0.3) is 0 Å². The monoisotopic (exact) mass is 174 g/mol. The second-order valence-electron chi connectivity index (χ2n) is 2.74. The summed E-state index contributed by atoms with van der Waals surface area (Å²) in [6.07, 6.45) is 4.20. The first kappa shape index (κ1) is 8.07. The van der Waals surface area contributed by atoms with E-state index in [9.17, 15) is 0 Å². The van der Waals surface area contributed by atoms with Crippen LogP contribution < -0.4 is 5.73 Å². The molecule has 0 unspecified atom stereocenters. The molecular formula is C9H10N4. The largest absolute Gasteiger partial charge is 0.330 e. The van der Waals surface area contributed by atoms with Crippen LogP contribution >= 0.6 is 0 Å². The van der Waals surface area contributed by atoms with Crippen molar-refractivity contribution in [3.63, 3.8) is 0 Å². The van der Waals surface area contributed by atoms with E-state index in [0.717, 1.165) is 16.9 Å². The van der Waals surface area contributed by atoms with Crippen LogP contribution in [0.5, 0.6) is 0 Å². The molecule has 66 valence electrons. The number of aromatic nitrogens is 3. The molecule has 2 N–H and O–H groups in total. The van der Waals surface area contributed by atoms with Crippen molar-refractivity contribution in [2.45, 2.75) is 6.42 Å². The van der Waals surface area contributed by atoms with Crippen molar-refractivity contribution < 1.29 is 0 Å². The van der Waals surface area contributed by atoms with Gasteiger partial charge in [-0.15, -0.1) is 0 Å². The Kier molecular flexibility index (Phi) is 2.14. The maximum atomic E-state index is 5.40. The molecule has 2 heterocycles. The van der Waals surface area contributed by atoms with Crippen molar-refractivity contribution in [1.82, 2.24) is 15.0 Å². The van der Waals surface area contributed by atoms with Crippen molar-refractivity contribution in [2.24, 2.45) is 5.73 Å². The van der Waals surface area contributed by atoms with E-state index >= 15 is 0 Å². The van der Waals surface area contributed by atoms with Crippen molar-refractivity contribution in [1.29, 1.82) is 0 Å². The van der Waals surface area contributed by atoms with E-state index in [1.54, 1.807) is 12.4 Å². The zero-order valence-corrected chi connectivity index (χ0v) is 7.14. The predicted molar refractivity (Wildman–Crippen MR) is 50.1 cm³/mol. The number of pyridine rings is 1. The second-order valence-corrected chi connectivity index (χ2v) is 2.74. The van der Waals surface area contributed by atoms with Crippen LogP contribution in [-0.4, -0.2) is 21.5 Å². The Morgan fingerprint density at radius 1 is 1.31 bits per heavy atom. The standard InChI is InChI=1S/C9H10N4/c10-4-3-8-12-6-7-2-1-5-11-9(7)13-8/h1-2,5-6H,3-4,10H2. The van der Waals surface area contributed by atoms with Gasteiger partial charge in [-0.1, -0.05) is 0 Å². The van der Waals surface area contributed by atoms with Gasteiger partial charge in [-0.25, -0.2) is 15.0 Å². The topological polar surface area (TPSA) is 64.7 Å². The molecule has 0 radical (unpaired) electrons. The van der Waals surface area contributed by atoms with Gasteiger partial charge in [0, 0.05) is 24.2 Å². The van der Waals surface area contributed by atoms with Gasteiger partial charge in [-0.05, 0) is 18.7 Å². The van der Waals surface area contributed by atoms with Gasteiger partial charge in [0.1, 0.15) is 5.82 Å². The highest BCUT2D eigenvalue weighted by molar-refractivity contribution is 5.72. The fraction of sp³-hybridized carbons (Fsp3) is 0.222. The lowest BCUT2D eigenvalue weighted by Crippen LogP contribution is -2.06. The molecule has 2 aromatic heterocycles. The lowest BCUT2D eigenvalue weighted by molar-refractivity contribution is 0.875. The van der Waals surface area contributed by atoms with E-state index in [-0.39, 0.29) is 0 Å². The van der Waals surface area contributed by atoms with Gasteiger partial charge in [0.15, 0.2) is 5.65 Å². The second kappa shape index (κ2) is 3.45. The van der Waals surface area contributed by atoms with Crippen LogP contribution in [-0.2, 0) is 6.42 Å². The molecule has 0 aromatic carbocycles. The van der Waals surface area contributed by atoms with E-state index in [4.69, 9.17) is 5.73 Å². The zero-order valence-electron chi connectivity index (χ0n) is 7.14. The minimum Gasteiger partial charge on any atom is -0.330 e. The Hall–Kier alpha value is -1.55. The van der Waals surface area contributed by atoms with Gasteiger partial charge >= 0.3 is 0 Å². The molecule has 0 bridgehead atoms. The number of fused-ring (bicyclic) bond motifs is 1. The first-order valence-electron chi connectivity index (χ1n) is 4.17. The quantitative estimate of drug-likeness (QED) is 0.721. The van der Waals surface area contributed by atoms with Crippen LogP contribution in [0.25, 0.3) is 11.0 Å². The van der Waals surface area contributed by atoms with Crippen LogP contribution in [0.4, 0.5) is 0 Å². The third kappa shape index (κ3) is 1.62. The highest BCUT2D eigenvalue weighted by Gasteiger charge is 1.98. The molecule has 0 fully saturated rings. The van der Waals surface area contributed by atoms with Gasteiger partial charge in [0.05, 0.1) is 0 Å². The molecule has 0 spiro atoms. The molecule has 4 nitrogen and oxygen atoms in total. The minimum atomic E-state index is 0.568. The zero-order chi connectivity index (χ0) is 9.10. The molecule has 13 heavy (non-hydrogen) atoms. The van der Waals surface area contributed by atoms with Crippen molar-refractivity contribution in [3.8, 4) is 0 Å². The molecule has 0 atom stereocenters. The Morgan fingerprint density at radius 3 is 3.08 bits per heavy atom. The fourth-order valence-corrected chi connectivity index (χ4v) is 1.15. The number of nitrogens with two attached hydrogens (primary N) is 1. The van der Waals surface area contributed by atoms with Gasteiger partial charge < -0.3 is 5.73 Å². The minimum absolute atomic E-state index is 0.568. The summed E-state index contributed by atoms with van der Waals surface area (Å²) in [7, 11) is 0. The average molecular weight is 174 g/mol. The normalized spacial score (nSPS) is 10.5. The first-order valence-corrected chi connectivity index (χ1v) is 4.17. The summed E-state index contributed by atoms with van der Waals surface area (Å²) < 4.78 is 0. The van der Waals surface area contributed by atoms with Gasteiger partial charge in [-0.2, -0.15) is 0 Å². The molecule has 0 aliphatic rings. The summed E-state index contributed by atoms with van der Waals surface area (Å²) in [5.41, 5.74) is 6.14. The predicted octanol–water partition coefficient (Wildman–Crippen LogP) is 0.526. The summed E-state index contributed by atoms with van der Waals surface area (Å²) in [4.78, 5) is 12.6. The average Bonchev–Trinajstić information content (AvgIpc) is 2.18. The van der Waals surface area contributed by atoms with E-state index in [1.165, 1.54) is 0 Å². The van der Waals surface area contributed by atoms with E-state index in [1.807, 2.05) is 12.1 Å². The molecule has 4 heteroatoms. The van der Waals surface area contributed by atoms with Crippen LogP contribution in [0, 0.1) is 0 Å². The smallest absolute Gasteiger partial charge is 0.162 e. The molecule has 2 aromatic rings. The Bertz CT molecular complexity index is 413. The van der Waals surface area contributed by atoms with Gasteiger partial charge in [0.2, 0.25) is 0 Å². The molecule has 0 saturated carbocycles. The third-order valence-corrected chi connectivity index (χ3v) is 1.77. The molecule has 0 saturated heterocycles. The lowest BCUT2D eigenvalue weighted by Gasteiger charge is -1.98. The Morgan fingerprint density at radius 2 is 2.23 bits per heavy atom. The molecular weight excluding hydrogens is 164 g/mol. The first-order chi connectivity index (χ1) is 6.40. The summed E-state index contributed by atoms with van der Waals surface area (Å²) in [5.74, 6) is 0.758. The molecule has 0 aliphatic carbocycles. The van der Waals surface area contributed by atoms with Crippen LogP contribution in [0.3, 0.4) is 0 Å². The summed E-state index contributed by atoms with van der Waals surface area (Å²) in [5, 5.41) is 0.961.